The molecule has 92 valence electrons. The lowest BCUT2D eigenvalue weighted by Gasteiger charge is -2.19. The molecule has 1 aliphatic heterocycles. The summed E-state index contributed by atoms with van der Waals surface area (Å²) >= 11 is 5.56. The number of Topliss-reactive ketones (excluding diaryl/α,β-unsaturated/α-hetero) is 1. The van der Waals surface area contributed by atoms with Gasteiger partial charge < -0.3 is 15.2 Å². The predicted octanol–water partition coefficient (Wildman–Crippen LogP) is 2.24. The number of alkyl halides is 1. The molecule has 0 fully saturated rings. The SMILES string of the molecule is Nc1cc2c(cc1C(=O)CCCCl)OCCO2. The Kier molecular flexibility index (Phi) is 3.74. The highest BCUT2D eigenvalue weighted by atomic mass is 35.5. The fourth-order valence-corrected chi connectivity index (χ4v) is 1.84. The Bertz CT molecular complexity index is 434. The van der Waals surface area contributed by atoms with Gasteiger partial charge in [0.15, 0.2) is 17.3 Å². The van der Waals surface area contributed by atoms with Crippen LogP contribution in [0.5, 0.6) is 11.5 Å². The van der Waals surface area contributed by atoms with Crippen molar-refractivity contribution in [2.45, 2.75) is 12.8 Å². The molecule has 2 N–H and O–H groups in total. The summed E-state index contributed by atoms with van der Waals surface area (Å²) in [6.45, 7) is 0.998. The van der Waals surface area contributed by atoms with Gasteiger partial charge in [-0.15, -0.1) is 11.6 Å². The van der Waals surface area contributed by atoms with Crippen molar-refractivity contribution < 1.29 is 14.3 Å². The predicted molar refractivity (Wildman–Crippen MR) is 66.1 cm³/mol. The van der Waals surface area contributed by atoms with Crippen molar-refractivity contribution in [2.75, 3.05) is 24.8 Å². The Labute approximate surface area is 105 Å². The van der Waals surface area contributed by atoms with Crippen LogP contribution in [0.4, 0.5) is 5.69 Å². The summed E-state index contributed by atoms with van der Waals surface area (Å²) in [6, 6.07) is 3.29. The van der Waals surface area contributed by atoms with Gasteiger partial charge in [0.05, 0.1) is 0 Å². The van der Waals surface area contributed by atoms with Crippen molar-refractivity contribution in [2.24, 2.45) is 0 Å². The highest BCUT2D eigenvalue weighted by Crippen LogP contribution is 2.34. The van der Waals surface area contributed by atoms with Crippen molar-refractivity contribution in [3.05, 3.63) is 17.7 Å². The van der Waals surface area contributed by atoms with Gasteiger partial charge in [0.25, 0.3) is 0 Å². The number of nitrogens with two attached hydrogens (primary N) is 1. The van der Waals surface area contributed by atoms with Crippen LogP contribution in [0.3, 0.4) is 0 Å². The van der Waals surface area contributed by atoms with Crippen LogP contribution in [0.25, 0.3) is 0 Å². The van der Waals surface area contributed by atoms with Gasteiger partial charge in [-0.25, -0.2) is 0 Å². The first-order valence-electron chi connectivity index (χ1n) is 5.50. The molecule has 0 aromatic heterocycles. The van der Waals surface area contributed by atoms with Gasteiger partial charge in [0.1, 0.15) is 13.2 Å². The smallest absolute Gasteiger partial charge is 0.165 e. The van der Waals surface area contributed by atoms with E-state index >= 15 is 0 Å². The second kappa shape index (κ2) is 5.27. The lowest BCUT2D eigenvalue weighted by molar-refractivity contribution is 0.0981. The average molecular weight is 256 g/mol. The Morgan fingerprint density at radius 1 is 1.29 bits per heavy atom. The first kappa shape index (κ1) is 12.0. The van der Waals surface area contributed by atoms with Crippen LogP contribution in [0.15, 0.2) is 12.1 Å². The molecule has 0 radical (unpaired) electrons. The van der Waals surface area contributed by atoms with Gasteiger partial charge in [0, 0.05) is 29.6 Å². The van der Waals surface area contributed by atoms with E-state index in [1.54, 1.807) is 12.1 Å². The highest BCUT2D eigenvalue weighted by molar-refractivity contribution is 6.18. The topological polar surface area (TPSA) is 61.6 Å². The van der Waals surface area contributed by atoms with E-state index in [4.69, 9.17) is 26.8 Å². The zero-order chi connectivity index (χ0) is 12.3. The molecule has 1 heterocycles. The normalized spacial score (nSPS) is 13.5. The molecule has 1 aliphatic rings. The Hall–Kier alpha value is -1.42. The summed E-state index contributed by atoms with van der Waals surface area (Å²) in [4.78, 5) is 11.9. The lowest BCUT2D eigenvalue weighted by Crippen LogP contribution is -2.16. The summed E-state index contributed by atoms with van der Waals surface area (Å²) in [5.74, 6) is 1.64. The summed E-state index contributed by atoms with van der Waals surface area (Å²) in [6.07, 6.45) is 1.04. The van der Waals surface area contributed by atoms with Crippen LogP contribution in [0, 0.1) is 0 Å². The first-order chi connectivity index (χ1) is 8.22. The van der Waals surface area contributed by atoms with Crippen molar-refractivity contribution in [1.29, 1.82) is 0 Å². The number of carbonyl (C=O) groups excluding carboxylic acids is 1. The number of nitrogen functional groups attached to an aromatic ring is 1. The summed E-state index contributed by atoms with van der Waals surface area (Å²) in [5.41, 5.74) is 6.74. The molecular weight excluding hydrogens is 242 g/mol. The second-order valence-corrected chi connectivity index (χ2v) is 4.18. The number of ether oxygens (including phenoxy) is 2. The van der Waals surface area contributed by atoms with Crippen LogP contribution >= 0.6 is 11.6 Å². The van der Waals surface area contributed by atoms with E-state index in [1.165, 1.54) is 0 Å². The molecule has 1 aromatic carbocycles. The fourth-order valence-electron chi connectivity index (χ4n) is 1.71. The van der Waals surface area contributed by atoms with Crippen LogP contribution in [0.2, 0.25) is 0 Å². The van der Waals surface area contributed by atoms with E-state index in [1.807, 2.05) is 0 Å². The van der Waals surface area contributed by atoms with Gasteiger partial charge in [-0.3, -0.25) is 4.79 Å². The molecule has 0 spiro atoms. The van der Waals surface area contributed by atoms with Gasteiger partial charge in [0.2, 0.25) is 0 Å². The Morgan fingerprint density at radius 2 is 1.94 bits per heavy atom. The monoisotopic (exact) mass is 255 g/mol. The summed E-state index contributed by atoms with van der Waals surface area (Å²) < 4.78 is 10.8. The first-order valence-corrected chi connectivity index (χ1v) is 6.04. The molecule has 0 atom stereocenters. The van der Waals surface area contributed by atoms with E-state index in [9.17, 15) is 4.79 Å². The van der Waals surface area contributed by atoms with Crippen molar-refractivity contribution in [3.8, 4) is 11.5 Å². The third-order valence-electron chi connectivity index (χ3n) is 2.55. The van der Waals surface area contributed by atoms with Gasteiger partial charge >= 0.3 is 0 Å². The number of ketones is 1. The average Bonchev–Trinajstić information content (AvgIpc) is 2.35. The standard InChI is InChI=1S/C12H14ClNO3/c13-3-1-2-10(15)8-6-11-12(7-9(8)14)17-5-4-16-11/h6-7H,1-5,14H2. The Morgan fingerprint density at radius 3 is 2.59 bits per heavy atom. The fraction of sp³-hybridized carbons (Fsp3) is 0.417. The molecule has 0 amide bonds. The third-order valence-corrected chi connectivity index (χ3v) is 2.82. The summed E-state index contributed by atoms with van der Waals surface area (Å²) in [7, 11) is 0. The molecule has 0 saturated heterocycles. The van der Waals surface area contributed by atoms with Crippen LogP contribution < -0.4 is 15.2 Å². The van der Waals surface area contributed by atoms with Crippen molar-refractivity contribution in [1.82, 2.24) is 0 Å². The third kappa shape index (κ3) is 2.64. The van der Waals surface area contributed by atoms with E-state index in [0.29, 0.717) is 54.7 Å². The van der Waals surface area contributed by atoms with Crippen LogP contribution in [-0.2, 0) is 0 Å². The van der Waals surface area contributed by atoms with E-state index < -0.39 is 0 Å². The maximum Gasteiger partial charge on any atom is 0.165 e. The lowest BCUT2D eigenvalue weighted by atomic mass is 10.0. The van der Waals surface area contributed by atoms with Gasteiger partial charge in [-0.05, 0) is 12.5 Å². The Balaban J connectivity index is 2.25. The number of anilines is 1. The maximum atomic E-state index is 11.9. The number of carbonyl (C=O) groups is 1. The van der Waals surface area contributed by atoms with Gasteiger partial charge in [-0.2, -0.15) is 0 Å². The van der Waals surface area contributed by atoms with Gasteiger partial charge in [-0.1, -0.05) is 0 Å². The van der Waals surface area contributed by atoms with Crippen LogP contribution in [-0.4, -0.2) is 24.9 Å². The number of hydrogen-bond acceptors (Lipinski definition) is 4. The zero-order valence-electron chi connectivity index (χ0n) is 9.37. The molecule has 1 aromatic rings. The van der Waals surface area contributed by atoms with Crippen molar-refractivity contribution >= 4 is 23.1 Å². The number of fused-ring (bicyclic) bond motifs is 1. The quantitative estimate of drug-likeness (QED) is 0.509. The minimum absolute atomic E-state index is 0.0138. The van der Waals surface area contributed by atoms with E-state index in [2.05, 4.69) is 0 Å². The highest BCUT2D eigenvalue weighted by Gasteiger charge is 2.18. The maximum absolute atomic E-state index is 11.9. The molecular formula is C12H14ClNO3. The zero-order valence-corrected chi connectivity index (χ0v) is 10.1. The van der Waals surface area contributed by atoms with Crippen LogP contribution in [0.1, 0.15) is 23.2 Å². The molecule has 2 rings (SSSR count). The van der Waals surface area contributed by atoms with Crippen molar-refractivity contribution in [3.63, 3.8) is 0 Å². The number of benzene rings is 1. The molecule has 0 saturated carbocycles. The van der Waals surface area contributed by atoms with E-state index in [0.717, 1.165) is 0 Å². The molecule has 0 aliphatic carbocycles. The largest absolute Gasteiger partial charge is 0.486 e. The minimum Gasteiger partial charge on any atom is -0.486 e. The second-order valence-electron chi connectivity index (χ2n) is 3.80. The van der Waals surface area contributed by atoms with E-state index in [-0.39, 0.29) is 5.78 Å². The minimum atomic E-state index is -0.0138. The summed E-state index contributed by atoms with van der Waals surface area (Å²) in [5, 5.41) is 0. The molecule has 5 heteroatoms. The number of halogens is 1. The molecule has 17 heavy (non-hydrogen) atoms. The molecule has 0 bridgehead atoms. The molecule has 0 unspecified atom stereocenters. The molecule has 4 nitrogen and oxygen atoms in total. The number of rotatable bonds is 4. The number of hydrogen-bond donors (Lipinski definition) is 1.